The van der Waals surface area contributed by atoms with Gasteiger partial charge in [0, 0.05) is 30.6 Å². The Labute approximate surface area is 185 Å². The number of rotatable bonds is 8. The molecule has 0 saturated carbocycles. The standard InChI is InChI=1S/C26H34N4O/c1-20(2)30-24-14-7-6-13-23(24)25(28-30)26(31)27-22-15-18-29(19-16-22)17-9-8-12-21-10-4-3-5-11-21/h3-7,10-11,13-14,20,22H,8-9,12,15-19H2,1-2H3,(H,27,31). The molecule has 2 aromatic carbocycles. The van der Waals surface area contributed by atoms with Crippen LogP contribution in [0.2, 0.25) is 0 Å². The van der Waals surface area contributed by atoms with Gasteiger partial charge in [-0.15, -0.1) is 0 Å². The minimum Gasteiger partial charge on any atom is -0.348 e. The lowest BCUT2D eigenvalue weighted by molar-refractivity contribution is 0.0906. The van der Waals surface area contributed by atoms with Gasteiger partial charge >= 0.3 is 0 Å². The van der Waals surface area contributed by atoms with Crippen molar-refractivity contribution in [2.24, 2.45) is 0 Å². The van der Waals surface area contributed by atoms with Crippen LogP contribution < -0.4 is 5.32 Å². The number of aromatic nitrogens is 2. The van der Waals surface area contributed by atoms with Crippen molar-refractivity contribution in [1.29, 1.82) is 0 Å². The third kappa shape index (κ3) is 5.34. The number of hydrogen-bond donors (Lipinski definition) is 1. The molecule has 3 aromatic rings. The van der Waals surface area contributed by atoms with Crippen molar-refractivity contribution < 1.29 is 4.79 Å². The summed E-state index contributed by atoms with van der Waals surface area (Å²) < 4.78 is 1.95. The fourth-order valence-corrected chi connectivity index (χ4v) is 4.51. The molecule has 1 fully saturated rings. The van der Waals surface area contributed by atoms with Crippen LogP contribution in [0.25, 0.3) is 10.9 Å². The number of unbranched alkanes of at least 4 members (excludes halogenated alkanes) is 1. The van der Waals surface area contributed by atoms with E-state index in [1.807, 2.05) is 28.9 Å². The molecule has 1 aliphatic rings. The molecule has 0 radical (unpaired) electrons. The van der Waals surface area contributed by atoms with Crippen LogP contribution in [0.5, 0.6) is 0 Å². The number of carbonyl (C=O) groups is 1. The number of nitrogens with one attached hydrogen (secondary N) is 1. The fraction of sp³-hybridized carbons (Fsp3) is 0.462. The molecule has 1 aliphatic heterocycles. The van der Waals surface area contributed by atoms with Crippen molar-refractivity contribution in [3.05, 3.63) is 65.9 Å². The molecular weight excluding hydrogens is 384 g/mol. The lowest BCUT2D eigenvalue weighted by atomic mass is 10.0. The molecule has 0 unspecified atom stereocenters. The highest BCUT2D eigenvalue weighted by atomic mass is 16.2. The maximum atomic E-state index is 13.0. The topological polar surface area (TPSA) is 50.2 Å². The van der Waals surface area contributed by atoms with E-state index in [-0.39, 0.29) is 18.0 Å². The van der Waals surface area contributed by atoms with E-state index in [1.54, 1.807) is 0 Å². The molecular formula is C26H34N4O. The van der Waals surface area contributed by atoms with Crippen molar-refractivity contribution in [3.8, 4) is 0 Å². The van der Waals surface area contributed by atoms with Crippen molar-refractivity contribution in [1.82, 2.24) is 20.0 Å². The molecule has 5 nitrogen and oxygen atoms in total. The monoisotopic (exact) mass is 418 g/mol. The number of hydrogen-bond acceptors (Lipinski definition) is 3. The van der Waals surface area contributed by atoms with Gasteiger partial charge in [0.2, 0.25) is 0 Å². The van der Waals surface area contributed by atoms with Gasteiger partial charge in [-0.25, -0.2) is 0 Å². The summed E-state index contributed by atoms with van der Waals surface area (Å²) in [7, 11) is 0. The zero-order valence-corrected chi connectivity index (χ0v) is 18.8. The summed E-state index contributed by atoms with van der Waals surface area (Å²) in [6.45, 7) is 7.44. The predicted octanol–water partition coefficient (Wildman–Crippen LogP) is 4.83. The number of piperidine rings is 1. The van der Waals surface area contributed by atoms with Crippen LogP contribution in [0, 0.1) is 0 Å². The van der Waals surface area contributed by atoms with E-state index in [0.717, 1.165) is 49.8 Å². The molecule has 0 bridgehead atoms. The highest BCUT2D eigenvalue weighted by Gasteiger charge is 2.24. The molecule has 1 amide bonds. The van der Waals surface area contributed by atoms with Crippen molar-refractivity contribution in [2.75, 3.05) is 19.6 Å². The van der Waals surface area contributed by atoms with E-state index in [2.05, 4.69) is 59.5 Å². The second-order valence-corrected chi connectivity index (χ2v) is 8.94. The summed E-state index contributed by atoms with van der Waals surface area (Å²) in [5.41, 5.74) is 3.00. The Balaban J connectivity index is 1.25. The van der Waals surface area contributed by atoms with Crippen LogP contribution in [0.3, 0.4) is 0 Å². The van der Waals surface area contributed by atoms with E-state index in [0.29, 0.717) is 5.69 Å². The lowest BCUT2D eigenvalue weighted by Crippen LogP contribution is -2.45. The maximum Gasteiger partial charge on any atom is 0.272 e. The van der Waals surface area contributed by atoms with E-state index in [4.69, 9.17) is 0 Å². The van der Waals surface area contributed by atoms with Crippen molar-refractivity contribution >= 4 is 16.8 Å². The number of carbonyl (C=O) groups excluding carboxylic acids is 1. The number of benzene rings is 2. The summed E-state index contributed by atoms with van der Waals surface area (Å²) in [6, 6.07) is 19.2. The first-order chi connectivity index (χ1) is 15.1. The number of fused-ring (bicyclic) bond motifs is 1. The van der Waals surface area contributed by atoms with Crippen LogP contribution in [0.1, 0.15) is 61.6 Å². The van der Waals surface area contributed by atoms with Crippen LogP contribution in [-0.4, -0.2) is 46.3 Å². The second-order valence-electron chi connectivity index (χ2n) is 8.94. The van der Waals surface area contributed by atoms with E-state index in [9.17, 15) is 4.79 Å². The first-order valence-corrected chi connectivity index (χ1v) is 11.7. The summed E-state index contributed by atoms with van der Waals surface area (Å²) in [6.07, 6.45) is 5.63. The highest BCUT2D eigenvalue weighted by Crippen LogP contribution is 2.22. The normalized spacial score (nSPS) is 15.6. The van der Waals surface area contributed by atoms with Crippen molar-refractivity contribution in [3.63, 3.8) is 0 Å². The fourth-order valence-electron chi connectivity index (χ4n) is 4.51. The predicted molar refractivity (Wildman–Crippen MR) is 126 cm³/mol. The molecule has 5 heteroatoms. The first-order valence-electron chi connectivity index (χ1n) is 11.7. The Kier molecular flexibility index (Phi) is 7.03. The number of amides is 1. The molecule has 0 aliphatic carbocycles. The molecule has 4 rings (SSSR count). The molecule has 0 atom stereocenters. The van der Waals surface area contributed by atoms with Gasteiger partial charge in [-0.3, -0.25) is 9.48 Å². The number of para-hydroxylation sites is 1. The average molecular weight is 419 g/mol. The second kappa shape index (κ2) is 10.1. The van der Waals surface area contributed by atoms with Gasteiger partial charge < -0.3 is 10.2 Å². The molecule has 1 saturated heterocycles. The Morgan fingerprint density at radius 1 is 1.03 bits per heavy atom. The zero-order chi connectivity index (χ0) is 21.6. The zero-order valence-electron chi connectivity index (χ0n) is 18.8. The highest BCUT2D eigenvalue weighted by molar-refractivity contribution is 6.05. The van der Waals surface area contributed by atoms with Crippen LogP contribution in [0.4, 0.5) is 0 Å². The van der Waals surface area contributed by atoms with Crippen LogP contribution in [-0.2, 0) is 6.42 Å². The molecule has 164 valence electrons. The van der Waals surface area contributed by atoms with Gasteiger partial charge in [-0.1, -0.05) is 48.5 Å². The van der Waals surface area contributed by atoms with Gasteiger partial charge in [0.15, 0.2) is 5.69 Å². The third-order valence-electron chi connectivity index (χ3n) is 6.27. The third-order valence-corrected chi connectivity index (χ3v) is 6.27. The Hall–Kier alpha value is -2.66. The van der Waals surface area contributed by atoms with E-state index >= 15 is 0 Å². The average Bonchev–Trinajstić information content (AvgIpc) is 3.19. The van der Waals surface area contributed by atoms with Gasteiger partial charge in [0.05, 0.1) is 5.52 Å². The van der Waals surface area contributed by atoms with Crippen LogP contribution >= 0.6 is 0 Å². The molecule has 1 aromatic heterocycles. The van der Waals surface area contributed by atoms with Gasteiger partial charge in [0.1, 0.15) is 0 Å². The van der Waals surface area contributed by atoms with Crippen LogP contribution in [0.15, 0.2) is 54.6 Å². The Morgan fingerprint density at radius 3 is 2.48 bits per heavy atom. The summed E-state index contributed by atoms with van der Waals surface area (Å²) in [5, 5.41) is 8.82. The van der Waals surface area contributed by atoms with E-state index < -0.39 is 0 Å². The maximum absolute atomic E-state index is 13.0. The first kappa shape index (κ1) is 21.6. The largest absolute Gasteiger partial charge is 0.348 e. The lowest BCUT2D eigenvalue weighted by Gasteiger charge is -2.32. The van der Waals surface area contributed by atoms with Gasteiger partial charge in [-0.05, 0) is 64.1 Å². The molecule has 31 heavy (non-hydrogen) atoms. The van der Waals surface area contributed by atoms with E-state index in [1.165, 1.54) is 18.4 Å². The smallest absolute Gasteiger partial charge is 0.272 e. The quantitative estimate of drug-likeness (QED) is 0.533. The number of nitrogens with zero attached hydrogens (tertiary/aromatic N) is 3. The van der Waals surface area contributed by atoms with Gasteiger partial charge in [-0.2, -0.15) is 5.10 Å². The molecule has 0 spiro atoms. The SMILES string of the molecule is CC(C)n1nc(C(=O)NC2CCN(CCCCc3ccccc3)CC2)c2ccccc21. The minimum absolute atomic E-state index is 0.0445. The van der Waals surface area contributed by atoms with Crippen molar-refractivity contribution in [2.45, 2.75) is 58.0 Å². The molecule has 2 heterocycles. The number of aryl methyl sites for hydroxylation is 1. The minimum atomic E-state index is -0.0445. The summed E-state index contributed by atoms with van der Waals surface area (Å²) in [4.78, 5) is 15.5. The summed E-state index contributed by atoms with van der Waals surface area (Å²) >= 11 is 0. The Bertz CT molecular complexity index is 987. The Morgan fingerprint density at radius 2 is 1.74 bits per heavy atom. The molecule has 1 N–H and O–H groups in total. The summed E-state index contributed by atoms with van der Waals surface area (Å²) in [5.74, 6) is -0.0445. The van der Waals surface area contributed by atoms with Gasteiger partial charge in [0.25, 0.3) is 5.91 Å². The number of likely N-dealkylation sites (tertiary alicyclic amines) is 1.